The SMILES string of the molecule is Cc1ccc(-c2ccc(C#N)c(SCC(=O)Nc3c[n+](C)no3)n2)cc1. The lowest BCUT2D eigenvalue weighted by atomic mass is 10.1. The molecule has 0 spiro atoms. The molecule has 26 heavy (non-hydrogen) atoms. The van der Waals surface area contributed by atoms with Crippen LogP contribution in [-0.4, -0.2) is 21.9 Å². The Morgan fingerprint density at radius 1 is 1.31 bits per heavy atom. The molecule has 0 aliphatic heterocycles. The molecule has 0 saturated heterocycles. The summed E-state index contributed by atoms with van der Waals surface area (Å²) in [6, 6.07) is 13.6. The van der Waals surface area contributed by atoms with Crippen molar-refractivity contribution in [2.45, 2.75) is 11.9 Å². The average Bonchev–Trinajstić information content (AvgIpc) is 3.05. The highest BCUT2D eigenvalue weighted by Gasteiger charge is 2.14. The van der Waals surface area contributed by atoms with Gasteiger partial charge in [-0.3, -0.25) is 14.6 Å². The topological polar surface area (TPSA) is 95.7 Å². The molecule has 2 aromatic heterocycles. The van der Waals surface area contributed by atoms with Gasteiger partial charge in [0.15, 0.2) is 12.3 Å². The number of benzene rings is 1. The number of nitriles is 1. The summed E-state index contributed by atoms with van der Waals surface area (Å²) in [5.41, 5.74) is 3.31. The first-order chi connectivity index (χ1) is 12.5. The van der Waals surface area contributed by atoms with Gasteiger partial charge in [0.05, 0.1) is 17.0 Å². The number of thioether (sulfide) groups is 1. The van der Waals surface area contributed by atoms with Crippen molar-refractivity contribution >= 4 is 23.6 Å². The minimum absolute atomic E-state index is 0.101. The van der Waals surface area contributed by atoms with E-state index < -0.39 is 0 Å². The lowest BCUT2D eigenvalue weighted by molar-refractivity contribution is -0.739. The minimum atomic E-state index is -0.266. The van der Waals surface area contributed by atoms with E-state index in [2.05, 4.69) is 21.6 Å². The first-order valence-electron chi connectivity index (χ1n) is 7.78. The van der Waals surface area contributed by atoms with E-state index in [0.29, 0.717) is 10.6 Å². The third kappa shape index (κ3) is 4.26. The van der Waals surface area contributed by atoms with Crippen LogP contribution in [0.5, 0.6) is 0 Å². The molecule has 130 valence electrons. The molecule has 2 heterocycles. The van der Waals surface area contributed by atoms with Gasteiger partial charge in [-0.15, -0.1) is 0 Å². The van der Waals surface area contributed by atoms with Gasteiger partial charge in [0.25, 0.3) is 6.20 Å². The van der Waals surface area contributed by atoms with E-state index in [0.717, 1.165) is 16.8 Å². The van der Waals surface area contributed by atoms with Gasteiger partial charge in [-0.25, -0.2) is 4.98 Å². The van der Waals surface area contributed by atoms with Crippen molar-refractivity contribution in [3.63, 3.8) is 0 Å². The van der Waals surface area contributed by atoms with Gasteiger partial charge >= 0.3 is 5.88 Å². The molecule has 0 aliphatic rings. The lowest BCUT2D eigenvalue weighted by Gasteiger charge is -2.07. The molecule has 0 bridgehead atoms. The number of pyridine rings is 1. The van der Waals surface area contributed by atoms with Crippen LogP contribution < -0.4 is 10.00 Å². The molecule has 0 radical (unpaired) electrons. The van der Waals surface area contributed by atoms with E-state index in [9.17, 15) is 10.1 Å². The van der Waals surface area contributed by atoms with Crippen molar-refractivity contribution < 1.29 is 14.0 Å². The van der Waals surface area contributed by atoms with Gasteiger partial charge < -0.3 is 0 Å². The number of nitrogens with one attached hydrogen (secondary N) is 1. The number of hydrogen-bond donors (Lipinski definition) is 1. The van der Waals surface area contributed by atoms with Crippen LogP contribution in [0.4, 0.5) is 5.88 Å². The zero-order valence-corrected chi connectivity index (χ0v) is 15.1. The number of aryl methyl sites for hydroxylation is 2. The predicted octanol–water partition coefficient (Wildman–Crippen LogP) is 2.47. The Hall–Kier alpha value is -3.18. The standard InChI is InChI=1S/C18H15N5O2S/c1-12-3-5-13(6-4-12)15-8-7-14(9-19)18(20-15)26-11-16(24)21-17-10-23(2)22-25-17/h3-8,10H,11H2,1-2H3/p+1. The van der Waals surface area contributed by atoms with E-state index in [-0.39, 0.29) is 17.5 Å². The summed E-state index contributed by atoms with van der Waals surface area (Å²) in [7, 11) is 1.69. The smallest absolute Gasteiger partial charge is 0.288 e. The maximum Gasteiger partial charge on any atom is 0.302 e. The molecule has 1 amide bonds. The summed E-state index contributed by atoms with van der Waals surface area (Å²) in [6.07, 6.45) is 1.56. The molecule has 0 saturated carbocycles. The Labute approximate surface area is 154 Å². The lowest BCUT2D eigenvalue weighted by Crippen LogP contribution is -2.28. The van der Waals surface area contributed by atoms with E-state index in [1.54, 1.807) is 19.3 Å². The Bertz CT molecular complexity index is 976. The van der Waals surface area contributed by atoms with Gasteiger partial charge in [0, 0.05) is 5.56 Å². The number of carbonyl (C=O) groups excluding carboxylic acids is 1. The molecule has 0 unspecified atom stereocenters. The molecule has 3 aromatic rings. The fourth-order valence-electron chi connectivity index (χ4n) is 2.21. The summed E-state index contributed by atoms with van der Waals surface area (Å²) in [5.74, 6) is 0.0989. The Balaban J connectivity index is 1.73. The molecule has 0 atom stereocenters. The Morgan fingerprint density at radius 2 is 2.08 bits per heavy atom. The van der Waals surface area contributed by atoms with E-state index in [1.165, 1.54) is 16.4 Å². The van der Waals surface area contributed by atoms with Gasteiger partial charge in [0.2, 0.25) is 5.91 Å². The van der Waals surface area contributed by atoms with Crippen LogP contribution in [0.2, 0.25) is 0 Å². The summed E-state index contributed by atoms with van der Waals surface area (Å²) in [6.45, 7) is 2.02. The average molecular weight is 366 g/mol. The molecular formula is C18H16N5O2S+. The number of nitrogens with zero attached hydrogens (tertiary/aromatic N) is 4. The van der Waals surface area contributed by atoms with E-state index >= 15 is 0 Å². The largest absolute Gasteiger partial charge is 0.302 e. The third-order valence-corrected chi connectivity index (χ3v) is 4.49. The van der Waals surface area contributed by atoms with Crippen molar-refractivity contribution in [1.82, 2.24) is 10.3 Å². The van der Waals surface area contributed by atoms with Gasteiger partial charge in [-0.2, -0.15) is 5.26 Å². The van der Waals surface area contributed by atoms with Gasteiger partial charge in [-0.05, 0) is 19.1 Å². The molecule has 3 rings (SSSR count). The van der Waals surface area contributed by atoms with Crippen molar-refractivity contribution in [2.24, 2.45) is 7.05 Å². The number of aromatic nitrogens is 3. The van der Waals surface area contributed by atoms with Crippen LogP contribution in [0.3, 0.4) is 0 Å². The molecular weight excluding hydrogens is 350 g/mol. The van der Waals surface area contributed by atoms with Crippen LogP contribution in [0, 0.1) is 18.3 Å². The monoisotopic (exact) mass is 366 g/mol. The molecule has 1 N–H and O–H groups in total. The van der Waals surface area contributed by atoms with Crippen molar-refractivity contribution in [1.29, 1.82) is 5.26 Å². The van der Waals surface area contributed by atoms with Crippen LogP contribution in [0.25, 0.3) is 11.3 Å². The van der Waals surface area contributed by atoms with Crippen molar-refractivity contribution in [2.75, 3.05) is 11.1 Å². The Morgan fingerprint density at radius 3 is 2.73 bits per heavy atom. The minimum Gasteiger partial charge on any atom is -0.288 e. The first-order valence-corrected chi connectivity index (χ1v) is 8.77. The molecule has 1 aromatic carbocycles. The van der Waals surface area contributed by atoms with Crippen LogP contribution in [-0.2, 0) is 11.8 Å². The third-order valence-electron chi connectivity index (χ3n) is 3.50. The van der Waals surface area contributed by atoms with Crippen LogP contribution >= 0.6 is 11.8 Å². The quantitative estimate of drug-likeness (QED) is 0.550. The summed E-state index contributed by atoms with van der Waals surface area (Å²) >= 11 is 1.20. The van der Waals surface area contributed by atoms with Gasteiger partial charge in [-0.1, -0.05) is 46.3 Å². The summed E-state index contributed by atoms with van der Waals surface area (Å²) in [4.78, 5) is 16.6. The number of amides is 1. The van der Waals surface area contributed by atoms with Crippen LogP contribution in [0.15, 0.2) is 52.1 Å². The van der Waals surface area contributed by atoms with Crippen molar-refractivity contribution in [3.8, 4) is 17.3 Å². The zero-order chi connectivity index (χ0) is 18.5. The Kier molecular flexibility index (Phi) is 5.29. The highest BCUT2D eigenvalue weighted by Crippen LogP contribution is 2.25. The molecule has 8 heteroatoms. The number of hydrogen-bond acceptors (Lipinski definition) is 6. The maximum atomic E-state index is 12.0. The predicted molar refractivity (Wildman–Crippen MR) is 96.2 cm³/mol. The fourth-order valence-corrected chi connectivity index (χ4v) is 2.98. The van der Waals surface area contributed by atoms with Crippen LogP contribution in [0.1, 0.15) is 11.1 Å². The molecule has 0 fully saturated rings. The second kappa shape index (κ2) is 7.80. The fraction of sp³-hybridized carbons (Fsp3) is 0.167. The number of rotatable bonds is 5. The zero-order valence-electron chi connectivity index (χ0n) is 14.3. The van der Waals surface area contributed by atoms with Gasteiger partial charge in [0.1, 0.15) is 11.1 Å². The number of anilines is 1. The van der Waals surface area contributed by atoms with E-state index in [4.69, 9.17) is 4.52 Å². The summed E-state index contributed by atoms with van der Waals surface area (Å²) < 4.78 is 6.37. The molecule has 7 nitrogen and oxygen atoms in total. The highest BCUT2D eigenvalue weighted by atomic mass is 32.2. The normalized spacial score (nSPS) is 10.3. The first kappa shape index (κ1) is 17.6. The molecule has 0 aliphatic carbocycles. The second-order valence-electron chi connectivity index (χ2n) is 5.60. The maximum absolute atomic E-state index is 12.0. The van der Waals surface area contributed by atoms with Crippen molar-refractivity contribution in [3.05, 3.63) is 53.7 Å². The summed E-state index contributed by atoms with van der Waals surface area (Å²) in [5, 5.41) is 16.0. The highest BCUT2D eigenvalue weighted by molar-refractivity contribution is 8.00. The number of carbonyl (C=O) groups is 1. The second-order valence-corrected chi connectivity index (χ2v) is 6.57. The van der Waals surface area contributed by atoms with E-state index in [1.807, 2.05) is 37.3 Å².